The monoisotopic (exact) mass is 235 g/mol. The van der Waals surface area contributed by atoms with Crippen LogP contribution in [0.5, 0.6) is 5.75 Å². The van der Waals surface area contributed by atoms with Crippen LogP contribution in [0.25, 0.3) is 0 Å². The smallest absolute Gasteiger partial charge is 0.326 e. The first kappa shape index (κ1) is 11.4. The number of nitrogens with zero attached hydrogens (tertiary/aromatic N) is 1. The van der Waals surface area contributed by atoms with Gasteiger partial charge in [-0.1, -0.05) is 6.07 Å². The van der Waals surface area contributed by atoms with Gasteiger partial charge in [-0.2, -0.15) is 0 Å². The molecule has 0 radical (unpaired) electrons. The molecule has 1 aliphatic heterocycles. The second-order valence-corrected chi connectivity index (χ2v) is 4.05. The molecule has 1 atom stereocenters. The number of aliphatic carboxylic acids is 1. The Morgan fingerprint density at radius 2 is 2.12 bits per heavy atom. The fraction of sp³-hybridized carbons (Fsp3) is 0.333. The maximum atomic E-state index is 12.1. The highest BCUT2D eigenvalue weighted by atomic mass is 16.4. The average molecular weight is 235 g/mol. The first-order chi connectivity index (χ1) is 8.09. The van der Waals surface area contributed by atoms with Gasteiger partial charge in [0.1, 0.15) is 11.8 Å². The number of amides is 1. The lowest BCUT2D eigenvalue weighted by Crippen LogP contribution is -2.40. The van der Waals surface area contributed by atoms with E-state index in [1.165, 1.54) is 17.0 Å². The molecule has 2 N–H and O–H groups in total. The van der Waals surface area contributed by atoms with Gasteiger partial charge in [0.05, 0.1) is 0 Å². The Morgan fingerprint density at radius 3 is 2.76 bits per heavy atom. The summed E-state index contributed by atoms with van der Waals surface area (Å²) in [6.45, 7) is 0.450. The minimum Gasteiger partial charge on any atom is -0.508 e. The van der Waals surface area contributed by atoms with Crippen LogP contribution in [0, 0.1) is 0 Å². The van der Waals surface area contributed by atoms with Gasteiger partial charge in [-0.05, 0) is 31.0 Å². The van der Waals surface area contributed by atoms with Crippen molar-refractivity contribution in [3.05, 3.63) is 29.8 Å². The summed E-state index contributed by atoms with van der Waals surface area (Å²) in [5.41, 5.74) is 0.318. The zero-order chi connectivity index (χ0) is 12.4. The minimum atomic E-state index is -0.976. The highest BCUT2D eigenvalue weighted by Crippen LogP contribution is 2.21. The topological polar surface area (TPSA) is 77.8 Å². The van der Waals surface area contributed by atoms with E-state index in [9.17, 15) is 14.7 Å². The van der Waals surface area contributed by atoms with Crippen molar-refractivity contribution >= 4 is 11.9 Å². The molecule has 0 unspecified atom stereocenters. The van der Waals surface area contributed by atoms with E-state index >= 15 is 0 Å². The Morgan fingerprint density at radius 1 is 1.35 bits per heavy atom. The third kappa shape index (κ3) is 2.22. The zero-order valence-corrected chi connectivity index (χ0v) is 9.17. The van der Waals surface area contributed by atoms with Crippen molar-refractivity contribution in [2.45, 2.75) is 18.9 Å². The van der Waals surface area contributed by atoms with E-state index < -0.39 is 12.0 Å². The fourth-order valence-corrected chi connectivity index (χ4v) is 2.07. The fourth-order valence-electron chi connectivity index (χ4n) is 2.07. The van der Waals surface area contributed by atoms with Crippen molar-refractivity contribution in [1.82, 2.24) is 4.90 Å². The Bertz CT molecular complexity index is 458. The highest BCUT2D eigenvalue weighted by molar-refractivity contribution is 5.97. The molecular weight excluding hydrogens is 222 g/mol. The summed E-state index contributed by atoms with van der Waals surface area (Å²) in [6.07, 6.45) is 1.18. The van der Waals surface area contributed by atoms with Crippen molar-refractivity contribution in [1.29, 1.82) is 0 Å². The summed E-state index contributed by atoms with van der Waals surface area (Å²) in [5.74, 6) is -1.32. The Kier molecular flexibility index (Phi) is 2.99. The van der Waals surface area contributed by atoms with E-state index in [2.05, 4.69) is 0 Å². The molecule has 1 saturated heterocycles. The number of hydrogen-bond acceptors (Lipinski definition) is 3. The van der Waals surface area contributed by atoms with Gasteiger partial charge in [-0.25, -0.2) is 4.79 Å². The van der Waals surface area contributed by atoms with Gasteiger partial charge in [0.25, 0.3) is 5.91 Å². The summed E-state index contributed by atoms with van der Waals surface area (Å²) in [5, 5.41) is 18.3. The number of carbonyl (C=O) groups is 2. The maximum absolute atomic E-state index is 12.1. The maximum Gasteiger partial charge on any atom is 0.326 e. The van der Waals surface area contributed by atoms with Crippen LogP contribution in [0.2, 0.25) is 0 Å². The molecular formula is C12H13NO4. The van der Waals surface area contributed by atoms with Gasteiger partial charge in [-0.15, -0.1) is 0 Å². The molecule has 90 valence electrons. The van der Waals surface area contributed by atoms with Crippen LogP contribution in [0.4, 0.5) is 0 Å². The van der Waals surface area contributed by atoms with E-state index in [1.807, 2.05) is 0 Å². The molecule has 2 rings (SSSR count). The number of likely N-dealkylation sites (tertiary alicyclic amines) is 1. The lowest BCUT2D eigenvalue weighted by molar-refractivity contribution is -0.141. The van der Waals surface area contributed by atoms with Crippen molar-refractivity contribution in [2.24, 2.45) is 0 Å². The third-order valence-electron chi connectivity index (χ3n) is 2.89. The number of carboxylic acid groups (broad SMARTS) is 1. The van der Waals surface area contributed by atoms with E-state index in [1.54, 1.807) is 12.1 Å². The molecule has 0 spiro atoms. The number of carbonyl (C=O) groups excluding carboxylic acids is 1. The van der Waals surface area contributed by atoms with Gasteiger partial charge in [0, 0.05) is 12.1 Å². The number of rotatable bonds is 2. The summed E-state index contributed by atoms with van der Waals surface area (Å²) in [4.78, 5) is 24.4. The first-order valence-electron chi connectivity index (χ1n) is 5.42. The molecule has 0 saturated carbocycles. The molecule has 1 aromatic carbocycles. The van der Waals surface area contributed by atoms with Crippen LogP contribution in [0.3, 0.4) is 0 Å². The molecule has 1 fully saturated rings. The van der Waals surface area contributed by atoms with Crippen molar-refractivity contribution in [2.75, 3.05) is 6.54 Å². The lowest BCUT2D eigenvalue weighted by Gasteiger charge is -2.21. The van der Waals surface area contributed by atoms with Crippen LogP contribution < -0.4 is 0 Å². The molecule has 0 aromatic heterocycles. The lowest BCUT2D eigenvalue weighted by atomic mass is 10.1. The van der Waals surface area contributed by atoms with Crippen molar-refractivity contribution < 1.29 is 19.8 Å². The SMILES string of the molecule is O=C(O)[C@H]1CCCN1C(=O)c1cccc(O)c1. The quantitative estimate of drug-likeness (QED) is 0.804. The number of phenols is 1. The molecule has 1 aliphatic rings. The normalized spacial score (nSPS) is 19.3. The van der Waals surface area contributed by atoms with Crippen LogP contribution in [-0.4, -0.2) is 39.6 Å². The number of phenolic OH excluding ortho intramolecular Hbond substituents is 1. The molecule has 1 heterocycles. The number of aromatic hydroxyl groups is 1. The van der Waals surface area contributed by atoms with E-state index in [0.717, 1.165) is 0 Å². The zero-order valence-electron chi connectivity index (χ0n) is 9.17. The largest absolute Gasteiger partial charge is 0.508 e. The second-order valence-electron chi connectivity index (χ2n) is 4.05. The van der Waals surface area contributed by atoms with Gasteiger partial charge < -0.3 is 15.1 Å². The third-order valence-corrected chi connectivity index (χ3v) is 2.89. The average Bonchev–Trinajstić information content (AvgIpc) is 2.77. The van der Waals surface area contributed by atoms with E-state index in [-0.39, 0.29) is 11.7 Å². The van der Waals surface area contributed by atoms with Gasteiger partial charge in [0.15, 0.2) is 0 Å². The molecule has 1 aromatic rings. The number of hydrogen-bond donors (Lipinski definition) is 2. The molecule has 5 nitrogen and oxygen atoms in total. The summed E-state index contributed by atoms with van der Waals surface area (Å²) < 4.78 is 0. The molecule has 0 aliphatic carbocycles. The number of benzene rings is 1. The Balaban J connectivity index is 2.23. The molecule has 5 heteroatoms. The van der Waals surface area contributed by atoms with E-state index in [4.69, 9.17) is 5.11 Å². The van der Waals surface area contributed by atoms with Crippen LogP contribution in [0.1, 0.15) is 23.2 Å². The Labute approximate surface area is 98.3 Å². The van der Waals surface area contributed by atoms with Crippen LogP contribution >= 0.6 is 0 Å². The summed E-state index contributed by atoms with van der Waals surface area (Å²) in [7, 11) is 0. The van der Waals surface area contributed by atoms with Crippen LogP contribution in [-0.2, 0) is 4.79 Å². The summed E-state index contributed by atoms with van der Waals surface area (Å²) >= 11 is 0. The van der Waals surface area contributed by atoms with E-state index in [0.29, 0.717) is 24.9 Å². The predicted molar refractivity (Wildman–Crippen MR) is 59.8 cm³/mol. The first-order valence-corrected chi connectivity index (χ1v) is 5.42. The van der Waals surface area contributed by atoms with Gasteiger partial charge in [-0.3, -0.25) is 4.79 Å². The Hall–Kier alpha value is -2.04. The summed E-state index contributed by atoms with van der Waals surface area (Å²) in [6, 6.07) is 5.20. The van der Waals surface area contributed by atoms with Crippen molar-refractivity contribution in [3.8, 4) is 5.75 Å². The van der Waals surface area contributed by atoms with Gasteiger partial charge in [0.2, 0.25) is 0 Å². The number of carboxylic acids is 1. The van der Waals surface area contributed by atoms with Gasteiger partial charge >= 0.3 is 5.97 Å². The molecule has 1 amide bonds. The van der Waals surface area contributed by atoms with Crippen LogP contribution in [0.15, 0.2) is 24.3 Å². The molecule has 17 heavy (non-hydrogen) atoms. The highest BCUT2D eigenvalue weighted by Gasteiger charge is 2.34. The minimum absolute atomic E-state index is 0.00178. The standard InChI is InChI=1S/C12H13NO4/c14-9-4-1-3-8(7-9)11(15)13-6-2-5-10(13)12(16)17/h1,3-4,7,10,14H,2,5-6H2,(H,16,17)/t10-/m1/s1. The van der Waals surface area contributed by atoms with Crippen molar-refractivity contribution in [3.63, 3.8) is 0 Å². The molecule has 0 bridgehead atoms. The predicted octanol–water partition coefficient (Wildman–Crippen LogP) is 1.08. The second kappa shape index (κ2) is 4.45.